The van der Waals surface area contributed by atoms with Gasteiger partial charge in [0.2, 0.25) is 0 Å². The van der Waals surface area contributed by atoms with Gasteiger partial charge in [-0.05, 0) is 25.5 Å². The number of aryl methyl sites for hydroxylation is 1. The fourth-order valence-corrected chi connectivity index (χ4v) is 2.41. The van der Waals surface area contributed by atoms with Crippen LogP contribution in [0.3, 0.4) is 0 Å². The highest BCUT2D eigenvalue weighted by Gasteiger charge is 2.18. The van der Waals surface area contributed by atoms with Gasteiger partial charge in [0.1, 0.15) is 5.75 Å². The highest BCUT2D eigenvalue weighted by atomic mass is 35.5. The number of carbonyl (C=O) groups excluding carboxylic acids is 1. The molecule has 3 N–H and O–H groups in total. The number of nitrogens with two attached hydrogens (primary N) is 1. The van der Waals surface area contributed by atoms with Crippen molar-refractivity contribution in [2.45, 2.75) is 13.8 Å². The number of nitro groups is 1. The standard InChI is InChI=1S/C16H15ClN4O6/c1-7-12(15(22)19-8(2)13(7)17)14(18)20-27-16(23)9-4-10(21(24)25)6-11(5-9)26-3/h4-6H,1-3H3,(H2,18,20)(H,19,22). The molecule has 0 bridgehead atoms. The van der Waals surface area contributed by atoms with Gasteiger partial charge in [-0.25, -0.2) is 4.79 Å². The number of nitrogens with zero attached hydrogens (tertiary/aromatic N) is 2. The van der Waals surface area contributed by atoms with Gasteiger partial charge in [-0.3, -0.25) is 14.9 Å². The van der Waals surface area contributed by atoms with Crippen LogP contribution in [0.4, 0.5) is 5.69 Å². The third kappa shape index (κ3) is 4.23. The molecule has 0 unspecified atom stereocenters. The second-order valence-electron chi connectivity index (χ2n) is 5.43. The van der Waals surface area contributed by atoms with E-state index >= 15 is 0 Å². The third-order valence-corrected chi connectivity index (χ3v) is 4.19. The minimum atomic E-state index is -1.02. The topological polar surface area (TPSA) is 150 Å². The summed E-state index contributed by atoms with van der Waals surface area (Å²) in [4.78, 5) is 41.7. The zero-order valence-corrected chi connectivity index (χ0v) is 15.3. The van der Waals surface area contributed by atoms with Gasteiger partial charge in [0.15, 0.2) is 5.84 Å². The lowest BCUT2D eigenvalue weighted by molar-refractivity contribution is -0.385. The van der Waals surface area contributed by atoms with E-state index in [2.05, 4.69) is 10.1 Å². The van der Waals surface area contributed by atoms with E-state index in [1.165, 1.54) is 13.2 Å². The number of halogens is 1. The lowest BCUT2D eigenvalue weighted by Crippen LogP contribution is -2.27. The van der Waals surface area contributed by atoms with Gasteiger partial charge >= 0.3 is 5.97 Å². The number of non-ortho nitro benzene ring substituents is 1. The lowest BCUT2D eigenvalue weighted by atomic mass is 10.1. The first-order valence-electron chi connectivity index (χ1n) is 7.43. The van der Waals surface area contributed by atoms with Crippen molar-refractivity contribution in [1.82, 2.24) is 4.98 Å². The largest absolute Gasteiger partial charge is 0.496 e. The number of benzene rings is 1. The molecular formula is C16H15ClN4O6. The van der Waals surface area contributed by atoms with E-state index in [1.807, 2.05) is 0 Å². The summed E-state index contributed by atoms with van der Waals surface area (Å²) in [6.07, 6.45) is 0. The van der Waals surface area contributed by atoms with Gasteiger partial charge in [0, 0.05) is 11.8 Å². The molecule has 11 heteroatoms. The van der Waals surface area contributed by atoms with Crippen LogP contribution in [0, 0.1) is 24.0 Å². The molecule has 1 aromatic carbocycles. The Labute approximate surface area is 157 Å². The average Bonchev–Trinajstić information content (AvgIpc) is 2.63. The molecule has 0 aliphatic heterocycles. The minimum Gasteiger partial charge on any atom is -0.496 e. The smallest absolute Gasteiger partial charge is 0.366 e. The number of pyridine rings is 1. The zero-order chi connectivity index (χ0) is 20.3. The molecule has 0 saturated carbocycles. The predicted molar refractivity (Wildman–Crippen MR) is 97.3 cm³/mol. The molecular weight excluding hydrogens is 380 g/mol. The maximum atomic E-state index is 12.1. The first kappa shape index (κ1) is 19.9. The fraction of sp³-hybridized carbons (Fsp3) is 0.188. The number of oxime groups is 1. The van der Waals surface area contributed by atoms with Crippen LogP contribution < -0.4 is 16.0 Å². The van der Waals surface area contributed by atoms with Crippen LogP contribution in [-0.4, -0.2) is 28.8 Å². The van der Waals surface area contributed by atoms with Crippen molar-refractivity contribution in [2.24, 2.45) is 10.9 Å². The maximum absolute atomic E-state index is 12.1. The SMILES string of the molecule is COc1cc(C(=O)O/N=C(\N)c2c(C)c(Cl)c(C)[nH]c2=O)cc([N+](=O)[O-])c1. The minimum absolute atomic E-state index is 0.0463. The van der Waals surface area contributed by atoms with E-state index < -0.39 is 16.5 Å². The van der Waals surface area contributed by atoms with Crippen molar-refractivity contribution < 1.29 is 19.3 Å². The van der Waals surface area contributed by atoms with E-state index in [9.17, 15) is 19.7 Å². The Morgan fingerprint density at radius 1 is 1.33 bits per heavy atom. The van der Waals surface area contributed by atoms with E-state index in [-0.39, 0.29) is 33.4 Å². The maximum Gasteiger partial charge on any atom is 0.366 e. The van der Waals surface area contributed by atoms with E-state index in [1.54, 1.807) is 13.8 Å². The zero-order valence-electron chi connectivity index (χ0n) is 14.5. The number of aromatic nitrogens is 1. The van der Waals surface area contributed by atoms with E-state index in [0.717, 1.165) is 12.1 Å². The summed E-state index contributed by atoms with van der Waals surface area (Å²) in [5.41, 5.74) is 5.42. The summed E-state index contributed by atoms with van der Waals surface area (Å²) in [6, 6.07) is 3.38. The second-order valence-corrected chi connectivity index (χ2v) is 5.80. The molecule has 0 amide bonds. The Kier molecular flexibility index (Phi) is 5.81. The first-order chi connectivity index (χ1) is 12.6. The van der Waals surface area contributed by atoms with Crippen LogP contribution in [-0.2, 0) is 4.84 Å². The third-order valence-electron chi connectivity index (χ3n) is 3.62. The predicted octanol–water partition coefficient (Wildman–Crippen LogP) is 2.04. The molecule has 0 fully saturated rings. The average molecular weight is 395 g/mol. The number of rotatable bonds is 5. The van der Waals surface area contributed by atoms with Crippen molar-refractivity contribution in [3.8, 4) is 5.75 Å². The van der Waals surface area contributed by atoms with Crippen molar-refractivity contribution in [3.05, 3.63) is 66.1 Å². The number of ether oxygens (including phenoxy) is 1. The molecule has 0 spiro atoms. The van der Waals surface area contributed by atoms with Gasteiger partial charge in [0.25, 0.3) is 11.2 Å². The Bertz CT molecular complexity index is 1010. The molecule has 0 radical (unpaired) electrons. The van der Waals surface area contributed by atoms with Gasteiger partial charge in [-0.2, -0.15) is 0 Å². The lowest BCUT2D eigenvalue weighted by Gasteiger charge is -2.08. The normalized spacial score (nSPS) is 11.2. The highest BCUT2D eigenvalue weighted by Crippen LogP contribution is 2.23. The molecule has 1 heterocycles. The number of hydrogen-bond acceptors (Lipinski definition) is 7. The van der Waals surface area contributed by atoms with Gasteiger partial charge in [-0.15, -0.1) is 0 Å². The molecule has 142 valence electrons. The highest BCUT2D eigenvalue weighted by molar-refractivity contribution is 6.32. The summed E-state index contributed by atoms with van der Waals surface area (Å²) in [6.45, 7) is 3.18. The second kappa shape index (κ2) is 7.87. The molecule has 0 saturated heterocycles. The molecule has 0 atom stereocenters. The summed E-state index contributed by atoms with van der Waals surface area (Å²) < 4.78 is 4.91. The number of H-pyrrole nitrogens is 1. The molecule has 10 nitrogen and oxygen atoms in total. The number of nitrogens with one attached hydrogen (secondary N) is 1. The molecule has 1 aromatic heterocycles. The van der Waals surface area contributed by atoms with Crippen LogP contribution in [0.5, 0.6) is 5.75 Å². The number of carbonyl (C=O) groups is 1. The van der Waals surface area contributed by atoms with Gasteiger partial charge < -0.3 is 20.3 Å². The van der Waals surface area contributed by atoms with Crippen molar-refractivity contribution in [2.75, 3.05) is 7.11 Å². The van der Waals surface area contributed by atoms with Crippen LogP contribution in [0.2, 0.25) is 5.02 Å². The van der Waals surface area contributed by atoms with Gasteiger partial charge in [0.05, 0.1) is 34.2 Å². The number of hydrogen-bond donors (Lipinski definition) is 2. The Morgan fingerprint density at radius 2 is 2.00 bits per heavy atom. The molecule has 2 aromatic rings. The van der Waals surface area contributed by atoms with Crippen LogP contribution in [0.25, 0.3) is 0 Å². The first-order valence-corrected chi connectivity index (χ1v) is 7.81. The molecule has 0 aliphatic rings. The quantitative estimate of drug-likeness (QED) is 0.259. The monoisotopic (exact) mass is 394 g/mol. The van der Waals surface area contributed by atoms with Crippen molar-refractivity contribution >= 4 is 29.1 Å². The summed E-state index contributed by atoms with van der Waals surface area (Å²) in [7, 11) is 1.29. The molecule has 2 rings (SSSR count). The Morgan fingerprint density at radius 3 is 2.59 bits per heavy atom. The van der Waals surface area contributed by atoms with Gasteiger partial charge in [-0.1, -0.05) is 16.8 Å². The van der Waals surface area contributed by atoms with Crippen molar-refractivity contribution in [3.63, 3.8) is 0 Å². The number of amidine groups is 1. The molecule has 0 aliphatic carbocycles. The number of nitro benzene ring substituents is 1. The summed E-state index contributed by atoms with van der Waals surface area (Å²) in [5, 5.41) is 14.7. The number of aromatic amines is 1. The Balaban J connectivity index is 2.35. The Hall–Kier alpha value is -3.40. The van der Waals surface area contributed by atoms with Crippen molar-refractivity contribution in [1.29, 1.82) is 0 Å². The van der Waals surface area contributed by atoms with Crippen LogP contribution >= 0.6 is 11.6 Å². The van der Waals surface area contributed by atoms with E-state index in [0.29, 0.717) is 11.3 Å². The van der Waals surface area contributed by atoms with Crippen LogP contribution in [0.15, 0.2) is 28.1 Å². The van der Waals surface area contributed by atoms with Crippen LogP contribution in [0.1, 0.15) is 27.2 Å². The fourth-order valence-electron chi connectivity index (χ4n) is 2.27. The summed E-state index contributed by atoms with van der Waals surface area (Å²) >= 11 is 6.07. The summed E-state index contributed by atoms with van der Waals surface area (Å²) in [5.74, 6) is -1.31. The number of methoxy groups -OCH3 is 1. The van der Waals surface area contributed by atoms with E-state index in [4.69, 9.17) is 26.9 Å². The molecule has 27 heavy (non-hydrogen) atoms.